The van der Waals surface area contributed by atoms with Crippen LogP contribution < -0.4 is 5.32 Å². The molecule has 1 aromatic heterocycles. The van der Waals surface area contributed by atoms with Gasteiger partial charge in [0.15, 0.2) is 0 Å². The minimum Gasteiger partial charge on any atom is -0.480 e. The van der Waals surface area contributed by atoms with Gasteiger partial charge in [-0.15, -0.1) is 5.10 Å². The fourth-order valence-corrected chi connectivity index (χ4v) is 1.73. The lowest BCUT2D eigenvalue weighted by molar-refractivity contribution is -0.137. The molecule has 21 heavy (non-hydrogen) atoms. The zero-order valence-corrected chi connectivity index (χ0v) is 11.3. The first kappa shape index (κ1) is 14.9. The summed E-state index contributed by atoms with van der Waals surface area (Å²) >= 11 is 5.59. The van der Waals surface area contributed by atoms with Crippen LogP contribution in [-0.4, -0.2) is 32.0 Å². The minimum absolute atomic E-state index is 0.0629. The fourth-order valence-electron chi connectivity index (χ4n) is 1.55. The summed E-state index contributed by atoms with van der Waals surface area (Å²) in [5, 5.41) is 18.3. The molecule has 0 bridgehead atoms. The maximum absolute atomic E-state index is 13.0. The molecule has 1 heterocycles. The molecule has 0 atom stereocenters. The van der Waals surface area contributed by atoms with E-state index in [-0.39, 0.29) is 23.7 Å². The standard InChI is InChI=1S/C12H10ClFN4O3/c13-9-3-7(1-2-10(9)14)12(21)15-4-8-5-18(17-16-8)6-11(19)20/h1-3,5H,4,6H2,(H,15,21)(H,19,20). The Bertz CT molecular complexity index is 689. The van der Waals surface area contributed by atoms with Gasteiger partial charge in [0.2, 0.25) is 0 Å². The van der Waals surface area contributed by atoms with Crippen molar-refractivity contribution in [3.63, 3.8) is 0 Å². The maximum Gasteiger partial charge on any atom is 0.325 e. The van der Waals surface area contributed by atoms with Crippen molar-refractivity contribution in [2.45, 2.75) is 13.1 Å². The van der Waals surface area contributed by atoms with Crippen molar-refractivity contribution in [3.05, 3.63) is 46.5 Å². The molecule has 0 saturated heterocycles. The number of aromatic nitrogens is 3. The topological polar surface area (TPSA) is 97.1 Å². The van der Waals surface area contributed by atoms with Crippen LogP contribution in [0.25, 0.3) is 0 Å². The highest BCUT2D eigenvalue weighted by molar-refractivity contribution is 6.31. The molecule has 0 unspecified atom stereocenters. The van der Waals surface area contributed by atoms with Crippen molar-refractivity contribution in [3.8, 4) is 0 Å². The zero-order valence-electron chi connectivity index (χ0n) is 10.6. The van der Waals surface area contributed by atoms with E-state index >= 15 is 0 Å². The van der Waals surface area contributed by atoms with Crippen LogP contribution in [0, 0.1) is 5.82 Å². The fraction of sp³-hybridized carbons (Fsp3) is 0.167. The number of hydrogen-bond donors (Lipinski definition) is 2. The van der Waals surface area contributed by atoms with Crippen LogP contribution in [-0.2, 0) is 17.9 Å². The quantitative estimate of drug-likeness (QED) is 0.861. The number of hydrogen-bond acceptors (Lipinski definition) is 4. The average molecular weight is 313 g/mol. The molecule has 0 aliphatic rings. The van der Waals surface area contributed by atoms with Crippen LogP contribution in [0.5, 0.6) is 0 Å². The highest BCUT2D eigenvalue weighted by Crippen LogP contribution is 2.15. The van der Waals surface area contributed by atoms with E-state index in [2.05, 4.69) is 15.6 Å². The van der Waals surface area contributed by atoms with E-state index in [1.54, 1.807) is 0 Å². The van der Waals surface area contributed by atoms with E-state index in [4.69, 9.17) is 16.7 Å². The summed E-state index contributed by atoms with van der Waals surface area (Å²) in [4.78, 5) is 22.3. The van der Waals surface area contributed by atoms with Crippen molar-refractivity contribution >= 4 is 23.5 Å². The van der Waals surface area contributed by atoms with Crippen LogP contribution in [0.4, 0.5) is 4.39 Å². The second-order valence-electron chi connectivity index (χ2n) is 4.11. The molecule has 2 rings (SSSR count). The van der Waals surface area contributed by atoms with Gasteiger partial charge in [0.25, 0.3) is 5.91 Å². The van der Waals surface area contributed by atoms with Gasteiger partial charge in [0.1, 0.15) is 18.1 Å². The predicted molar refractivity (Wildman–Crippen MR) is 70.2 cm³/mol. The van der Waals surface area contributed by atoms with E-state index in [1.807, 2.05) is 0 Å². The van der Waals surface area contributed by atoms with E-state index in [0.717, 1.165) is 10.7 Å². The number of nitrogens with one attached hydrogen (secondary N) is 1. The van der Waals surface area contributed by atoms with Crippen LogP contribution in [0.1, 0.15) is 16.1 Å². The Morgan fingerprint density at radius 2 is 2.19 bits per heavy atom. The van der Waals surface area contributed by atoms with Crippen LogP contribution >= 0.6 is 11.6 Å². The van der Waals surface area contributed by atoms with Crippen LogP contribution in [0.2, 0.25) is 5.02 Å². The molecule has 0 saturated carbocycles. The van der Waals surface area contributed by atoms with Crippen molar-refractivity contribution in [1.82, 2.24) is 20.3 Å². The summed E-state index contributed by atoms with van der Waals surface area (Å²) in [5.41, 5.74) is 0.608. The highest BCUT2D eigenvalue weighted by Gasteiger charge is 2.10. The summed E-state index contributed by atoms with van der Waals surface area (Å²) in [7, 11) is 0. The smallest absolute Gasteiger partial charge is 0.325 e. The second-order valence-corrected chi connectivity index (χ2v) is 4.52. The molecule has 2 aromatic rings. The van der Waals surface area contributed by atoms with Gasteiger partial charge in [-0.25, -0.2) is 9.07 Å². The number of nitrogens with zero attached hydrogens (tertiary/aromatic N) is 3. The lowest BCUT2D eigenvalue weighted by atomic mass is 10.2. The normalized spacial score (nSPS) is 10.4. The molecule has 0 spiro atoms. The summed E-state index contributed by atoms with van der Waals surface area (Å²) in [6, 6.07) is 3.62. The van der Waals surface area contributed by atoms with Gasteiger partial charge >= 0.3 is 5.97 Å². The average Bonchev–Trinajstić information content (AvgIpc) is 2.86. The molecular weight excluding hydrogens is 303 g/mol. The Morgan fingerprint density at radius 3 is 2.86 bits per heavy atom. The largest absolute Gasteiger partial charge is 0.480 e. The summed E-state index contributed by atoms with van der Waals surface area (Å²) in [6.07, 6.45) is 1.41. The zero-order chi connectivity index (χ0) is 15.4. The molecule has 1 amide bonds. The number of halogens is 2. The van der Waals surface area contributed by atoms with Crippen molar-refractivity contribution < 1.29 is 19.1 Å². The molecule has 9 heteroatoms. The Balaban J connectivity index is 1.95. The van der Waals surface area contributed by atoms with E-state index < -0.39 is 17.7 Å². The molecule has 1 aromatic carbocycles. The first-order valence-corrected chi connectivity index (χ1v) is 6.17. The van der Waals surface area contributed by atoms with Gasteiger partial charge < -0.3 is 10.4 Å². The molecule has 110 valence electrons. The molecule has 0 radical (unpaired) electrons. The van der Waals surface area contributed by atoms with Gasteiger partial charge in [0, 0.05) is 5.56 Å². The second kappa shape index (κ2) is 6.31. The first-order valence-electron chi connectivity index (χ1n) is 5.80. The lowest BCUT2D eigenvalue weighted by Crippen LogP contribution is -2.23. The summed E-state index contributed by atoms with van der Waals surface area (Å²) in [6.45, 7) is -0.248. The number of carboxylic acids is 1. The van der Waals surface area contributed by atoms with Crippen LogP contribution in [0.3, 0.4) is 0 Å². The Kier molecular flexibility index (Phi) is 4.49. The predicted octanol–water partition coefficient (Wildman–Crippen LogP) is 1.09. The van der Waals surface area contributed by atoms with Gasteiger partial charge in [0.05, 0.1) is 17.8 Å². The molecule has 0 aliphatic heterocycles. The number of aliphatic carboxylic acids is 1. The third kappa shape index (κ3) is 3.99. The molecule has 2 N–H and O–H groups in total. The maximum atomic E-state index is 13.0. The number of rotatable bonds is 5. The molecule has 0 aliphatic carbocycles. The van der Waals surface area contributed by atoms with Crippen molar-refractivity contribution in [2.75, 3.05) is 0 Å². The van der Waals surface area contributed by atoms with Gasteiger partial charge in [-0.1, -0.05) is 16.8 Å². The van der Waals surface area contributed by atoms with Crippen molar-refractivity contribution in [2.24, 2.45) is 0 Å². The molecule has 0 fully saturated rings. The van der Waals surface area contributed by atoms with Crippen LogP contribution in [0.15, 0.2) is 24.4 Å². The molecule has 7 nitrogen and oxygen atoms in total. The van der Waals surface area contributed by atoms with Crippen molar-refractivity contribution in [1.29, 1.82) is 0 Å². The first-order chi connectivity index (χ1) is 9.95. The lowest BCUT2D eigenvalue weighted by Gasteiger charge is -2.03. The van der Waals surface area contributed by atoms with Gasteiger partial charge in [-0.05, 0) is 18.2 Å². The van der Waals surface area contributed by atoms with E-state index in [1.165, 1.54) is 18.3 Å². The Labute approximate surface area is 123 Å². The third-order valence-electron chi connectivity index (χ3n) is 2.50. The number of carboxylic acid groups (broad SMARTS) is 1. The molecular formula is C12H10ClFN4O3. The highest BCUT2D eigenvalue weighted by atomic mass is 35.5. The third-order valence-corrected chi connectivity index (χ3v) is 2.78. The minimum atomic E-state index is -1.04. The SMILES string of the molecule is O=C(O)Cn1cc(CNC(=O)c2ccc(F)c(Cl)c2)nn1. The van der Waals surface area contributed by atoms with Gasteiger partial charge in [-0.3, -0.25) is 9.59 Å². The number of carbonyl (C=O) groups excluding carboxylic acids is 1. The number of amides is 1. The number of benzene rings is 1. The summed E-state index contributed by atoms with van der Waals surface area (Å²) in [5.74, 6) is -2.11. The Hall–Kier alpha value is -2.48. The Morgan fingerprint density at radius 1 is 1.43 bits per heavy atom. The summed E-state index contributed by atoms with van der Waals surface area (Å²) < 4.78 is 14.1. The van der Waals surface area contributed by atoms with Gasteiger partial charge in [-0.2, -0.15) is 0 Å². The van der Waals surface area contributed by atoms with E-state index in [9.17, 15) is 14.0 Å². The number of carbonyl (C=O) groups is 2. The monoisotopic (exact) mass is 312 g/mol. The van der Waals surface area contributed by atoms with E-state index in [0.29, 0.717) is 5.69 Å².